The molecule has 1 heterocycles. The number of pyridine rings is 1. The van der Waals surface area contributed by atoms with Gasteiger partial charge in [0.05, 0.1) is 0 Å². The van der Waals surface area contributed by atoms with Crippen LogP contribution in [0.3, 0.4) is 0 Å². The summed E-state index contributed by atoms with van der Waals surface area (Å²) in [6.07, 6.45) is 5.66. The highest BCUT2D eigenvalue weighted by Crippen LogP contribution is 1.95. The lowest BCUT2D eigenvalue weighted by molar-refractivity contribution is -0.124. The molecule has 5 heteroatoms. The zero-order chi connectivity index (χ0) is 12.0. The van der Waals surface area contributed by atoms with Gasteiger partial charge in [0.15, 0.2) is 0 Å². The van der Waals surface area contributed by atoms with Gasteiger partial charge < -0.3 is 4.57 Å². The Balaban J connectivity index is 3.02. The molecule has 5 nitrogen and oxygen atoms in total. The monoisotopic (exact) mass is 220 g/mol. The maximum Gasteiger partial charge on any atom is 0.267 e. The van der Waals surface area contributed by atoms with E-state index in [-0.39, 0.29) is 5.56 Å². The number of hydroxylamine groups is 1. The van der Waals surface area contributed by atoms with Crippen molar-refractivity contribution in [1.82, 2.24) is 10.0 Å². The first-order valence-corrected chi connectivity index (χ1v) is 4.61. The van der Waals surface area contributed by atoms with Crippen LogP contribution >= 0.6 is 0 Å². The van der Waals surface area contributed by atoms with Gasteiger partial charge in [0.1, 0.15) is 0 Å². The number of allylic oxidation sites excluding steroid dienone is 1. The minimum Gasteiger partial charge on any atom is -0.311 e. The molecule has 0 aromatic carbocycles. The number of hydrogen-bond donors (Lipinski definition) is 2. The molecule has 84 valence electrons. The number of nitrogens with zero attached hydrogens (tertiary/aromatic N) is 1. The van der Waals surface area contributed by atoms with Crippen molar-refractivity contribution >= 4 is 12.0 Å². The molecule has 1 amide bonds. The predicted octanol–water partition coefficient (Wildman–Crippen LogP) is 0.553. The summed E-state index contributed by atoms with van der Waals surface area (Å²) >= 11 is 0. The molecule has 0 unspecified atom stereocenters. The Labute approximate surface area is 92.3 Å². The highest BCUT2D eigenvalue weighted by Gasteiger charge is 1.99. The number of carbonyl (C=O) groups excluding carboxylic acids is 1. The van der Waals surface area contributed by atoms with Crippen molar-refractivity contribution in [1.29, 1.82) is 0 Å². The van der Waals surface area contributed by atoms with Gasteiger partial charge >= 0.3 is 0 Å². The van der Waals surface area contributed by atoms with Crippen LogP contribution in [0, 0.1) is 0 Å². The van der Waals surface area contributed by atoms with E-state index in [0.29, 0.717) is 12.1 Å². The second kappa shape index (κ2) is 5.67. The molecular formula is C11H12N2O3. The van der Waals surface area contributed by atoms with Crippen molar-refractivity contribution in [3.05, 3.63) is 53.0 Å². The van der Waals surface area contributed by atoms with E-state index in [1.807, 2.05) is 0 Å². The van der Waals surface area contributed by atoms with Crippen LogP contribution in [0.4, 0.5) is 0 Å². The number of amides is 1. The van der Waals surface area contributed by atoms with E-state index >= 15 is 0 Å². The summed E-state index contributed by atoms with van der Waals surface area (Å²) in [6.45, 7) is 3.95. The molecule has 0 atom stereocenters. The standard InChI is InChI=1S/C11H12N2O3/c1-2-7-13-8-3-4-9(11(13)15)5-6-10(14)12-16/h2-6,8,16H,1,7H2,(H,12,14)/b6-5+. The Morgan fingerprint density at radius 2 is 2.38 bits per heavy atom. The molecule has 0 aliphatic heterocycles. The first kappa shape index (κ1) is 11.9. The van der Waals surface area contributed by atoms with Crippen LogP contribution in [-0.4, -0.2) is 15.7 Å². The van der Waals surface area contributed by atoms with Crippen LogP contribution in [0.2, 0.25) is 0 Å². The van der Waals surface area contributed by atoms with Crippen LogP contribution < -0.4 is 11.0 Å². The summed E-state index contributed by atoms with van der Waals surface area (Å²) in [4.78, 5) is 22.5. The molecule has 0 bridgehead atoms. The summed E-state index contributed by atoms with van der Waals surface area (Å²) in [6, 6.07) is 3.28. The number of hydrogen-bond acceptors (Lipinski definition) is 3. The van der Waals surface area contributed by atoms with Gasteiger partial charge in [-0.15, -0.1) is 6.58 Å². The Kier molecular flexibility index (Phi) is 4.23. The molecule has 1 aromatic heterocycles. The maximum absolute atomic E-state index is 11.7. The normalized spacial score (nSPS) is 10.3. The van der Waals surface area contributed by atoms with Gasteiger partial charge in [-0.1, -0.05) is 6.08 Å². The molecule has 16 heavy (non-hydrogen) atoms. The lowest BCUT2D eigenvalue weighted by Crippen LogP contribution is -2.21. The van der Waals surface area contributed by atoms with E-state index < -0.39 is 5.91 Å². The number of carbonyl (C=O) groups is 1. The number of nitrogens with one attached hydrogen (secondary N) is 1. The van der Waals surface area contributed by atoms with Crippen LogP contribution in [0.25, 0.3) is 6.08 Å². The fourth-order valence-electron chi connectivity index (χ4n) is 1.17. The van der Waals surface area contributed by atoms with E-state index in [1.54, 1.807) is 24.4 Å². The molecule has 0 aliphatic rings. The van der Waals surface area contributed by atoms with Crippen molar-refractivity contribution in [3.8, 4) is 0 Å². The average molecular weight is 220 g/mol. The molecule has 2 N–H and O–H groups in total. The molecule has 1 rings (SSSR count). The topological polar surface area (TPSA) is 71.3 Å². The fraction of sp³-hybridized carbons (Fsp3) is 0.0909. The third-order valence-electron chi connectivity index (χ3n) is 1.90. The molecule has 0 saturated carbocycles. The van der Waals surface area contributed by atoms with E-state index in [2.05, 4.69) is 6.58 Å². The van der Waals surface area contributed by atoms with Crippen molar-refractivity contribution in [2.75, 3.05) is 0 Å². The second-order valence-electron chi connectivity index (χ2n) is 3.02. The lowest BCUT2D eigenvalue weighted by atomic mass is 10.2. The summed E-state index contributed by atoms with van der Waals surface area (Å²) in [7, 11) is 0. The van der Waals surface area contributed by atoms with Gasteiger partial charge in [-0.3, -0.25) is 14.8 Å². The van der Waals surface area contributed by atoms with E-state index in [1.165, 1.54) is 16.1 Å². The zero-order valence-corrected chi connectivity index (χ0v) is 8.59. The Morgan fingerprint density at radius 1 is 1.62 bits per heavy atom. The van der Waals surface area contributed by atoms with Crippen LogP contribution in [0.5, 0.6) is 0 Å². The minimum absolute atomic E-state index is 0.218. The lowest BCUT2D eigenvalue weighted by Gasteiger charge is -2.01. The van der Waals surface area contributed by atoms with Crippen molar-refractivity contribution in [2.45, 2.75) is 6.54 Å². The van der Waals surface area contributed by atoms with Gasteiger partial charge in [-0.25, -0.2) is 5.48 Å². The Hall–Kier alpha value is -2.14. The summed E-state index contributed by atoms with van der Waals surface area (Å²) in [5.41, 5.74) is 1.59. The van der Waals surface area contributed by atoms with Crippen molar-refractivity contribution in [2.24, 2.45) is 0 Å². The zero-order valence-electron chi connectivity index (χ0n) is 8.59. The smallest absolute Gasteiger partial charge is 0.267 e. The molecule has 0 fully saturated rings. The van der Waals surface area contributed by atoms with Gasteiger partial charge in [0.2, 0.25) is 0 Å². The Bertz CT molecular complexity index is 474. The van der Waals surface area contributed by atoms with Gasteiger partial charge in [-0.2, -0.15) is 0 Å². The van der Waals surface area contributed by atoms with Gasteiger partial charge in [0, 0.05) is 24.4 Å². The fourth-order valence-corrected chi connectivity index (χ4v) is 1.17. The quantitative estimate of drug-likeness (QED) is 0.337. The van der Waals surface area contributed by atoms with E-state index in [0.717, 1.165) is 6.08 Å². The molecule has 1 aromatic rings. The summed E-state index contributed by atoms with van der Waals surface area (Å²) in [5.74, 6) is -0.682. The van der Waals surface area contributed by atoms with Gasteiger partial charge in [-0.05, 0) is 18.2 Å². The van der Waals surface area contributed by atoms with E-state index in [4.69, 9.17) is 5.21 Å². The van der Waals surface area contributed by atoms with Crippen molar-refractivity contribution < 1.29 is 10.0 Å². The molecule has 0 spiro atoms. The van der Waals surface area contributed by atoms with Crippen molar-refractivity contribution in [3.63, 3.8) is 0 Å². The molecule has 0 radical (unpaired) electrons. The highest BCUT2D eigenvalue weighted by molar-refractivity contribution is 5.90. The first-order valence-electron chi connectivity index (χ1n) is 4.61. The predicted molar refractivity (Wildman–Crippen MR) is 59.9 cm³/mol. The third-order valence-corrected chi connectivity index (χ3v) is 1.90. The maximum atomic E-state index is 11.7. The SMILES string of the molecule is C=CCn1cccc(/C=C/C(=O)NO)c1=O. The van der Waals surface area contributed by atoms with Crippen LogP contribution in [-0.2, 0) is 11.3 Å². The molecule has 0 saturated heterocycles. The minimum atomic E-state index is -0.682. The third kappa shape index (κ3) is 2.93. The molecule has 0 aliphatic carbocycles. The molecular weight excluding hydrogens is 208 g/mol. The average Bonchev–Trinajstić information content (AvgIpc) is 2.30. The number of aromatic nitrogens is 1. The highest BCUT2D eigenvalue weighted by atomic mass is 16.5. The van der Waals surface area contributed by atoms with Crippen LogP contribution in [0.1, 0.15) is 5.56 Å². The number of rotatable bonds is 4. The largest absolute Gasteiger partial charge is 0.311 e. The Morgan fingerprint density at radius 3 is 3.00 bits per heavy atom. The van der Waals surface area contributed by atoms with Crippen LogP contribution in [0.15, 0.2) is 41.9 Å². The van der Waals surface area contributed by atoms with Gasteiger partial charge in [0.25, 0.3) is 11.5 Å². The summed E-state index contributed by atoms with van der Waals surface area (Å²) < 4.78 is 1.46. The summed E-state index contributed by atoms with van der Waals surface area (Å²) in [5, 5.41) is 8.27. The first-order chi connectivity index (χ1) is 7.69. The second-order valence-corrected chi connectivity index (χ2v) is 3.02. The van der Waals surface area contributed by atoms with E-state index in [9.17, 15) is 9.59 Å².